The van der Waals surface area contributed by atoms with Gasteiger partial charge in [-0.2, -0.15) is 0 Å². The van der Waals surface area contributed by atoms with Gasteiger partial charge in [0.15, 0.2) is 0 Å². The Bertz CT molecular complexity index is 301. The summed E-state index contributed by atoms with van der Waals surface area (Å²) >= 11 is 5.63. The lowest BCUT2D eigenvalue weighted by Crippen LogP contribution is -2.10. The zero-order valence-electron chi connectivity index (χ0n) is 6.08. The first-order valence-electron chi connectivity index (χ1n) is 2.96. The molecule has 1 rings (SSSR count). The molecule has 5 heteroatoms. The molecule has 1 aromatic rings. The molecular formula is C7H8Cl2N2O. The van der Waals surface area contributed by atoms with E-state index in [4.69, 9.17) is 23.1 Å². The molecule has 0 fully saturated rings. The molecule has 0 heterocycles. The molecular weight excluding hydrogens is 199 g/mol. The van der Waals surface area contributed by atoms with Crippen LogP contribution in [0.15, 0.2) is 18.2 Å². The van der Waals surface area contributed by atoms with Crippen LogP contribution in [0.5, 0.6) is 0 Å². The Hall–Kier alpha value is -0.930. The average Bonchev–Trinajstić information content (AvgIpc) is 1.94. The van der Waals surface area contributed by atoms with Crippen molar-refractivity contribution < 1.29 is 4.79 Å². The summed E-state index contributed by atoms with van der Waals surface area (Å²) in [5.41, 5.74) is 11.2. The quantitative estimate of drug-likeness (QED) is 0.684. The van der Waals surface area contributed by atoms with Crippen LogP contribution in [0.2, 0.25) is 5.02 Å². The number of amides is 1. The van der Waals surface area contributed by atoms with Gasteiger partial charge in [0.05, 0.1) is 10.7 Å². The molecule has 0 spiro atoms. The summed E-state index contributed by atoms with van der Waals surface area (Å²) in [4.78, 5) is 10.6. The first kappa shape index (κ1) is 11.1. The molecule has 3 nitrogen and oxygen atoms in total. The zero-order valence-corrected chi connectivity index (χ0v) is 7.65. The van der Waals surface area contributed by atoms with Crippen LogP contribution in [0.3, 0.4) is 0 Å². The van der Waals surface area contributed by atoms with E-state index in [-0.39, 0.29) is 12.4 Å². The van der Waals surface area contributed by atoms with E-state index >= 15 is 0 Å². The molecule has 0 aliphatic rings. The largest absolute Gasteiger partial charge is 0.398 e. The van der Waals surface area contributed by atoms with Crippen molar-refractivity contribution in [2.24, 2.45) is 5.73 Å². The third-order valence-electron chi connectivity index (χ3n) is 1.28. The number of hydrogen-bond donors (Lipinski definition) is 2. The highest BCUT2D eigenvalue weighted by atomic mass is 35.5. The fourth-order valence-electron chi connectivity index (χ4n) is 0.680. The maximum Gasteiger partial charge on any atom is 0.248 e. The molecule has 0 radical (unpaired) electrons. The number of hydrogen-bond acceptors (Lipinski definition) is 2. The van der Waals surface area contributed by atoms with Crippen LogP contribution in [-0.2, 0) is 0 Å². The Kier molecular flexibility index (Phi) is 3.86. The summed E-state index contributed by atoms with van der Waals surface area (Å²) < 4.78 is 0. The summed E-state index contributed by atoms with van der Waals surface area (Å²) in [7, 11) is 0. The van der Waals surface area contributed by atoms with Crippen molar-refractivity contribution in [1.82, 2.24) is 0 Å². The van der Waals surface area contributed by atoms with Crippen molar-refractivity contribution in [3.63, 3.8) is 0 Å². The lowest BCUT2D eigenvalue weighted by atomic mass is 10.2. The maximum atomic E-state index is 10.6. The second-order valence-electron chi connectivity index (χ2n) is 2.10. The van der Waals surface area contributed by atoms with Gasteiger partial charge in [0.2, 0.25) is 5.91 Å². The minimum atomic E-state index is -0.508. The van der Waals surface area contributed by atoms with Gasteiger partial charge >= 0.3 is 0 Å². The van der Waals surface area contributed by atoms with Crippen LogP contribution in [0.1, 0.15) is 10.4 Å². The number of carbonyl (C=O) groups is 1. The Morgan fingerprint density at radius 2 is 2.00 bits per heavy atom. The first-order valence-corrected chi connectivity index (χ1v) is 3.34. The molecule has 66 valence electrons. The fraction of sp³-hybridized carbons (Fsp3) is 0. The number of nitrogens with two attached hydrogens (primary N) is 2. The maximum absolute atomic E-state index is 10.6. The van der Waals surface area contributed by atoms with Crippen molar-refractivity contribution in [2.45, 2.75) is 0 Å². The van der Waals surface area contributed by atoms with Gasteiger partial charge in [0.1, 0.15) is 0 Å². The Morgan fingerprint density at radius 3 is 2.42 bits per heavy atom. The number of benzene rings is 1. The first-order chi connectivity index (χ1) is 5.11. The zero-order chi connectivity index (χ0) is 8.43. The van der Waals surface area contributed by atoms with Crippen molar-refractivity contribution in [2.75, 3.05) is 5.73 Å². The average molecular weight is 207 g/mol. The van der Waals surface area contributed by atoms with Gasteiger partial charge in [-0.3, -0.25) is 4.79 Å². The lowest BCUT2D eigenvalue weighted by Gasteiger charge is -1.98. The Morgan fingerprint density at radius 1 is 1.42 bits per heavy atom. The smallest absolute Gasteiger partial charge is 0.248 e. The molecule has 0 saturated carbocycles. The van der Waals surface area contributed by atoms with Gasteiger partial charge in [0, 0.05) is 5.56 Å². The topological polar surface area (TPSA) is 69.1 Å². The van der Waals surface area contributed by atoms with Crippen LogP contribution in [0.4, 0.5) is 5.69 Å². The summed E-state index contributed by atoms with van der Waals surface area (Å²) in [6.45, 7) is 0. The molecule has 1 amide bonds. The minimum absolute atomic E-state index is 0. The molecule has 12 heavy (non-hydrogen) atoms. The van der Waals surface area contributed by atoms with Crippen molar-refractivity contribution in [3.05, 3.63) is 28.8 Å². The molecule has 0 aliphatic carbocycles. The number of rotatable bonds is 1. The van der Waals surface area contributed by atoms with Crippen LogP contribution >= 0.6 is 24.0 Å². The summed E-state index contributed by atoms with van der Waals surface area (Å²) in [5.74, 6) is -0.508. The van der Waals surface area contributed by atoms with E-state index in [1.165, 1.54) is 12.1 Å². The van der Waals surface area contributed by atoms with Crippen LogP contribution in [-0.4, -0.2) is 5.91 Å². The predicted molar refractivity (Wildman–Crippen MR) is 51.6 cm³/mol. The van der Waals surface area contributed by atoms with Crippen molar-refractivity contribution in [3.8, 4) is 0 Å². The third kappa shape index (κ3) is 2.29. The van der Waals surface area contributed by atoms with Gasteiger partial charge < -0.3 is 11.5 Å². The third-order valence-corrected chi connectivity index (χ3v) is 1.61. The molecule has 0 saturated heterocycles. The monoisotopic (exact) mass is 206 g/mol. The van der Waals surface area contributed by atoms with Crippen LogP contribution < -0.4 is 11.5 Å². The normalized spacial score (nSPS) is 8.75. The molecule has 4 N–H and O–H groups in total. The number of carbonyl (C=O) groups excluding carboxylic acids is 1. The van der Waals surface area contributed by atoms with Crippen molar-refractivity contribution >= 4 is 35.6 Å². The van der Waals surface area contributed by atoms with Crippen molar-refractivity contribution in [1.29, 1.82) is 0 Å². The predicted octanol–water partition coefficient (Wildman–Crippen LogP) is 1.44. The van der Waals surface area contributed by atoms with Gasteiger partial charge in [-0.05, 0) is 18.2 Å². The lowest BCUT2D eigenvalue weighted by molar-refractivity contribution is 0.100. The van der Waals surface area contributed by atoms with Gasteiger partial charge in [-0.15, -0.1) is 12.4 Å². The van der Waals surface area contributed by atoms with E-state index in [9.17, 15) is 4.79 Å². The van der Waals surface area contributed by atoms with E-state index in [0.29, 0.717) is 16.3 Å². The second-order valence-corrected chi connectivity index (χ2v) is 2.51. The van der Waals surface area contributed by atoms with Gasteiger partial charge in [0.25, 0.3) is 0 Å². The molecule has 0 aromatic heterocycles. The standard InChI is InChI=1S/C7H7ClN2O.ClH/c8-5-3-4(7(10)11)1-2-6(5)9;/h1-3H,9H2,(H2,10,11);1H. The van der Waals surface area contributed by atoms with Crippen LogP contribution in [0, 0.1) is 0 Å². The second kappa shape index (κ2) is 4.18. The number of anilines is 1. The summed E-state index contributed by atoms with van der Waals surface area (Å²) in [6.07, 6.45) is 0. The molecule has 1 aromatic carbocycles. The molecule has 0 bridgehead atoms. The van der Waals surface area contributed by atoms with Gasteiger partial charge in [-0.25, -0.2) is 0 Å². The van der Waals surface area contributed by atoms with E-state index in [1.807, 2.05) is 0 Å². The Balaban J connectivity index is 0.00000121. The SMILES string of the molecule is Cl.NC(=O)c1ccc(N)c(Cl)c1. The summed E-state index contributed by atoms with van der Waals surface area (Å²) in [6, 6.07) is 4.52. The fourth-order valence-corrected chi connectivity index (χ4v) is 0.861. The number of halogens is 2. The molecule has 0 unspecified atom stereocenters. The van der Waals surface area contributed by atoms with E-state index in [2.05, 4.69) is 0 Å². The highest BCUT2D eigenvalue weighted by Crippen LogP contribution is 2.18. The number of nitrogen functional groups attached to an aromatic ring is 1. The van der Waals surface area contributed by atoms with Gasteiger partial charge in [-0.1, -0.05) is 11.6 Å². The minimum Gasteiger partial charge on any atom is -0.398 e. The highest BCUT2D eigenvalue weighted by molar-refractivity contribution is 6.33. The molecule has 0 atom stereocenters. The summed E-state index contributed by atoms with van der Waals surface area (Å²) in [5, 5.41) is 0.348. The van der Waals surface area contributed by atoms with E-state index < -0.39 is 5.91 Å². The van der Waals surface area contributed by atoms with E-state index in [1.54, 1.807) is 6.07 Å². The van der Waals surface area contributed by atoms with E-state index in [0.717, 1.165) is 0 Å². The Labute approximate surface area is 81.1 Å². The number of primary amides is 1. The van der Waals surface area contributed by atoms with Crippen LogP contribution in [0.25, 0.3) is 0 Å². The highest BCUT2D eigenvalue weighted by Gasteiger charge is 2.01. The molecule has 0 aliphatic heterocycles.